The molecule has 134 valence electrons. The van der Waals surface area contributed by atoms with E-state index in [1.54, 1.807) is 4.90 Å². The van der Waals surface area contributed by atoms with E-state index in [9.17, 15) is 18.0 Å². The van der Waals surface area contributed by atoms with E-state index < -0.39 is 11.7 Å². The zero-order valence-corrected chi connectivity index (χ0v) is 14.2. The number of aromatic amines is 1. The maximum Gasteiger partial charge on any atom is 0.419 e. The van der Waals surface area contributed by atoms with Crippen LogP contribution in [0.5, 0.6) is 0 Å². The van der Waals surface area contributed by atoms with Gasteiger partial charge in [-0.15, -0.1) is 0 Å². The highest BCUT2D eigenvalue weighted by molar-refractivity contribution is 5.75. The third-order valence-electron chi connectivity index (χ3n) is 3.73. The Morgan fingerprint density at radius 1 is 1.12 bits per heavy atom. The summed E-state index contributed by atoms with van der Waals surface area (Å²) < 4.78 is 37.9. The third-order valence-corrected chi connectivity index (χ3v) is 3.73. The number of nitrogens with one attached hydrogen (secondary N) is 2. The van der Waals surface area contributed by atoms with Crippen molar-refractivity contribution in [1.29, 1.82) is 0 Å². The van der Waals surface area contributed by atoms with Gasteiger partial charge in [0.1, 0.15) is 12.7 Å². The van der Waals surface area contributed by atoms with Gasteiger partial charge in [-0.1, -0.05) is 0 Å². The summed E-state index contributed by atoms with van der Waals surface area (Å²) in [6.45, 7) is 8.17. The number of aromatic nitrogens is 1. The summed E-state index contributed by atoms with van der Waals surface area (Å²) in [5.74, 6) is 0.626. The molecule has 5 nitrogen and oxygen atoms in total. The smallest absolute Gasteiger partial charge is 0.333 e. The molecule has 0 radical (unpaired) electrons. The Labute approximate surface area is 139 Å². The molecule has 1 fully saturated rings. The van der Waals surface area contributed by atoms with E-state index in [2.05, 4.69) is 10.3 Å². The minimum atomic E-state index is -4.35. The number of hydrogen-bond acceptors (Lipinski definition) is 2. The largest absolute Gasteiger partial charge is 0.419 e. The van der Waals surface area contributed by atoms with Gasteiger partial charge in [-0.2, -0.15) is 13.2 Å². The number of alkyl halides is 3. The quantitative estimate of drug-likeness (QED) is 0.850. The highest BCUT2D eigenvalue weighted by Gasteiger charge is 2.32. The number of carbonyl (C=O) groups excluding carboxylic acids is 1. The molecule has 1 aliphatic heterocycles. The lowest BCUT2D eigenvalue weighted by molar-refractivity contribution is -0.367. The molecule has 24 heavy (non-hydrogen) atoms. The molecule has 0 saturated carbocycles. The van der Waals surface area contributed by atoms with Crippen molar-refractivity contribution < 1.29 is 22.9 Å². The fourth-order valence-electron chi connectivity index (χ4n) is 2.55. The number of hydrogen-bond donors (Lipinski definition) is 1. The number of anilines is 1. The molecule has 1 saturated heterocycles. The second-order valence-electron chi connectivity index (χ2n) is 6.97. The van der Waals surface area contributed by atoms with Gasteiger partial charge in [0.15, 0.2) is 0 Å². The first-order chi connectivity index (χ1) is 11.1. The van der Waals surface area contributed by atoms with Gasteiger partial charge in [0.05, 0.1) is 18.7 Å². The van der Waals surface area contributed by atoms with Crippen molar-refractivity contribution in [3.05, 3.63) is 23.9 Å². The van der Waals surface area contributed by atoms with Crippen molar-refractivity contribution in [3.63, 3.8) is 0 Å². The van der Waals surface area contributed by atoms with Gasteiger partial charge in [-0.3, -0.25) is 4.90 Å². The molecule has 8 heteroatoms. The van der Waals surface area contributed by atoms with E-state index in [0.29, 0.717) is 32.0 Å². The fourth-order valence-corrected chi connectivity index (χ4v) is 2.55. The molecule has 0 aliphatic carbocycles. The van der Waals surface area contributed by atoms with Gasteiger partial charge < -0.3 is 10.2 Å². The monoisotopic (exact) mass is 345 g/mol. The van der Waals surface area contributed by atoms with E-state index >= 15 is 0 Å². The van der Waals surface area contributed by atoms with Crippen molar-refractivity contribution in [3.8, 4) is 0 Å². The van der Waals surface area contributed by atoms with E-state index in [-0.39, 0.29) is 11.6 Å². The zero-order chi connectivity index (χ0) is 18.0. The highest BCUT2D eigenvalue weighted by atomic mass is 19.4. The fraction of sp³-hybridized carbons (Fsp3) is 0.625. The Morgan fingerprint density at radius 2 is 1.83 bits per heavy atom. The first-order valence-corrected chi connectivity index (χ1v) is 7.97. The molecule has 2 amide bonds. The summed E-state index contributed by atoms with van der Waals surface area (Å²) in [6, 6.07) is 2.40. The Balaban J connectivity index is 1.99. The van der Waals surface area contributed by atoms with Crippen molar-refractivity contribution >= 4 is 11.8 Å². The predicted molar refractivity (Wildman–Crippen MR) is 84.7 cm³/mol. The number of nitrogens with zero attached hydrogens (tertiary/aromatic N) is 2. The molecule has 0 spiro atoms. The minimum Gasteiger partial charge on any atom is -0.333 e. The maximum atomic E-state index is 12.6. The minimum absolute atomic E-state index is 0.110. The summed E-state index contributed by atoms with van der Waals surface area (Å²) in [4.78, 5) is 18.6. The van der Waals surface area contributed by atoms with Crippen LogP contribution in [0, 0.1) is 0 Å². The topological polar surface area (TPSA) is 49.7 Å². The van der Waals surface area contributed by atoms with Crippen LogP contribution in [0.4, 0.5) is 23.8 Å². The molecule has 1 aliphatic rings. The molecule has 1 aromatic heterocycles. The van der Waals surface area contributed by atoms with Crippen LogP contribution >= 0.6 is 0 Å². The van der Waals surface area contributed by atoms with E-state index in [1.807, 2.05) is 25.7 Å². The average Bonchev–Trinajstić information content (AvgIpc) is 2.70. The van der Waals surface area contributed by atoms with Gasteiger partial charge in [-0.05, 0) is 26.8 Å². The first kappa shape index (κ1) is 18.4. The second-order valence-corrected chi connectivity index (χ2v) is 6.97. The normalized spacial score (nSPS) is 16.8. The second kappa shape index (κ2) is 6.86. The number of halogens is 3. The van der Waals surface area contributed by atoms with Crippen LogP contribution in [0.15, 0.2) is 18.3 Å². The zero-order valence-electron chi connectivity index (χ0n) is 14.2. The van der Waals surface area contributed by atoms with E-state index in [0.717, 1.165) is 18.7 Å². The van der Waals surface area contributed by atoms with Crippen LogP contribution < -0.4 is 15.2 Å². The standard InChI is InChI=1S/C16H23F3N4O/c1-15(2,3)21-14(24)23-8-4-7-22(9-10-23)13-6-5-12(11-20-13)16(17,18)19/h5-6,11H,4,7-10H2,1-3H3,(H,21,24)/p+1. The molecule has 0 bridgehead atoms. The van der Waals surface area contributed by atoms with Gasteiger partial charge in [-0.25, -0.2) is 9.78 Å². The number of H-pyrrole nitrogens is 1. The number of pyridine rings is 1. The first-order valence-electron chi connectivity index (χ1n) is 7.97. The number of carbonyl (C=O) groups is 1. The summed E-state index contributed by atoms with van der Waals surface area (Å²) in [5, 5.41) is 2.93. The van der Waals surface area contributed by atoms with Gasteiger partial charge in [0.25, 0.3) is 5.82 Å². The lowest BCUT2D eigenvalue weighted by atomic mass is 10.1. The Kier molecular flexibility index (Phi) is 5.25. The summed E-state index contributed by atoms with van der Waals surface area (Å²) in [7, 11) is 0. The molecule has 2 N–H and O–H groups in total. The molecule has 0 atom stereocenters. The van der Waals surface area contributed by atoms with Gasteiger partial charge in [0, 0.05) is 24.6 Å². The Bertz CT molecular complexity index is 566. The SMILES string of the molecule is CC(C)(C)NC(=O)N1CCCN(c2ccc(C(F)(F)F)c[nH+]2)CC1. The number of urea groups is 1. The van der Waals surface area contributed by atoms with Crippen LogP contribution in [0.3, 0.4) is 0 Å². The van der Waals surface area contributed by atoms with Crippen molar-refractivity contribution in [2.75, 3.05) is 31.1 Å². The van der Waals surface area contributed by atoms with Crippen molar-refractivity contribution in [2.24, 2.45) is 0 Å². The molecule has 2 rings (SSSR count). The molecule has 0 unspecified atom stereocenters. The van der Waals surface area contributed by atoms with Crippen molar-refractivity contribution in [2.45, 2.75) is 38.9 Å². The van der Waals surface area contributed by atoms with Crippen LogP contribution in [0.25, 0.3) is 0 Å². The Hall–Kier alpha value is -1.99. The lowest BCUT2D eigenvalue weighted by Crippen LogP contribution is -2.49. The molecule has 2 heterocycles. The van der Waals surface area contributed by atoms with Crippen LogP contribution in [0.2, 0.25) is 0 Å². The van der Waals surface area contributed by atoms with Crippen LogP contribution in [-0.4, -0.2) is 42.6 Å². The van der Waals surface area contributed by atoms with Crippen LogP contribution in [-0.2, 0) is 6.18 Å². The predicted octanol–water partition coefficient (Wildman–Crippen LogP) is 2.54. The maximum absolute atomic E-state index is 12.6. The molecule has 0 aromatic carbocycles. The number of amides is 2. The molecular formula is C16H24F3N4O+. The van der Waals surface area contributed by atoms with Crippen LogP contribution in [0.1, 0.15) is 32.8 Å². The lowest BCUT2D eigenvalue weighted by Gasteiger charge is -2.27. The van der Waals surface area contributed by atoms with Crippen molar-refractivity contribution in [1.82, 2.24) is 10.2 Å². The summed E-state index contributed by atoms with van der Waals surface area (Å²) >= 11 is 0. The summed E-state index contributed by atoms with van der Waals surface area (Å²) in [6.07, 6.45) is -2.62. The van der Waals surface area contributed by atoms with E-state index in [4.69, 9.17) is 0 Å². The van der Waals surface area contributed by atoms with Gasteiger partial charge in [0.2, 0.25) is 0 Å². The summed E-state index contributed by atoms with van der Waals surface area (Å²) in [5.41, 5.74) is -1.00. The van der Waals surface area contributed by atoms with Gasteiger partial charge >= 0.3 is 12.2 Å². The Morgan fingerprint density at radius 3 is 2.38 bits per heavy atom. The number of rotatable bonds is 1. The van der Waals surface area contributed by atoms with E-state index in [1.165, 1.54) is 6.07 Å². The third kappa shape index (κ3) is 5.01. The molecular weight excluding hydrogens is 321 g/mol. The highest BCUT2D eigenvalue weighted by Crippen LogP contribution is 2.28. The average molecular weight is 345 g/mol. The molecule has 1 aromatic rings.